The fourth-order valence-corrected chi connectivity index (χ4v) is 8.09. The van der Waals surface area contributed by atoms with Crippen molar-refractivity contribution in [3.05, 3.63) is 65.2 Å². The number of likely N-dealkylation sites (tertiary alicyclic amines) is 1. The van der Waals surface area contributed by atoms with Crippen molar-refractivity contribution in [2.75, 3.05) is 38.2 Å². The zero-order valence-corrected chi connectivity index (χ0v) is 23.7. The van der Waals surface area contributed by atoms with Gasteiger partial charge in [0.15, 0.2) is 5.54 Å². The minimum absolute atomic E-state index is 0.0162. The molecule has 0 bridgehead atoms. The van der Waals surface area contributed by atoms with E-state index < -0.39 is 38.9 Å². The van der Waals surface area contributed by atoms with E-state index in [9.17, 15) is 27.9 Å². The highest BCUT2D eigenvalue weighted by molar-refractivity contribution is 7.89. The van der Waals surface area contributed by atoms with Crippen molar-refractivity contribution >= 4 is 39.1 Å². The van der Waals surface area contributed by atoms with Crippen molar-refractivity contribution < 1.29 is 32.6 Å². The highest BCUT2D eigenvalue weighted by Gasteiger charge is 2.67. The van der Waals surface area contributed by atoms with Crippen molar-refractivity contribution in [3.63, 3.8) is 0 Å². The number of fused-ring (bicyclic) bond motifs is 2. The topological polar surface area (TPSA) is 125 Å². The van der Waals surface area contributed by atoms with E-state index in [-0.39, 0.29) is 28.7 Å². The quantitative estimate of drug-likeness (QED) is 0.328. The molecule has 2 aromatic rings. The number of amides is 2. The molecule has 0 aromatic heterocycles. The first-order valence-corrected chi connectivity index (χ1v) is 15.5. The molecule has 2 atom stereocenters. The monoisotopic (exact) mass is 579 g/mol. The number of ketones is 1. The first-order valence-electron chi connectivity index (χ1n) is 14.1. The lowest BCUT2D eigenvalue weighted by Gasteiger charge is -2.35. The molecule has 2 aromatic carbocycles. The van der Waals surface area contributed by atoms with E-state index in [0.717, 1.165) is 32.1 Å². The first kappa shape index (κ1) is 27.6. The van der Waals surface area contributed by atoms with Crippen molar-refractivity contribution in [3.8, 4) is 0 Å². The van der Waals surface area contributed by atoms with Crippen molar-refractivity contribution in [1.82, 2.24) is 9.21 Å². The van der Waals surface area contributed by atoms with E-state index in [2.05, 4.69) is 0 Å². The van der Waals surface area contributed by atoms with Crippen LogP contribution >= 0.6 is 0 Å². The SMILES string of the molecule is CN1C(=O)C2(/C(=C(/O)c3ccc(S(=O)(=O)N4CCCCCC4)cc3)C(=O)C(=O)N2CC2CCCO2)c2ccccc21. The molecule has 1 spiro atoms. The fourth-order valence-electron chi connectivity index (χ4n) is 6.57. The zero-order chi connectivity index (χ0) is 28.9. The molecule has 3 saturated heterocycles. The van der Waals surface area contributed by atoms with Crippen LogP contribution in [0, 0.1) is 0 Å². The molecule has 4 heterocycles. The Bertz CT molecular complexity index is 1540. The highest BCUT2D eigenvalue weighted by atomic mass is 32.2. The van der Waals surface area contributed by atoms with Crippen LogP contribution in [0.25, 0.3) is 5.76 Å². The number of carbonyl (C=O) groups excluding carboxylic acids is 3. The maximum absolute atomic E-state index is 14.1. The number of carbonyl (C=O) groups is 3. The number of hydrogen-bond acceptors (Lipinski definition) is 7. The van der Waals surface area contributed by atoms with Crippen LogP contribution in [-0.2, 0) is 34.7 Å². The number of aliphatic hydroxyl groups is 1. The van der Waals surface area contributed by atoms with Crippen LogP contribution in [0.4, 0.5) is 5.69 Å². The number of nitrogens with zero attached hydrogens (tertiary/aromatic N) is 3. The predicted octanol–water partition coefficient (Wildman–Crippen LogP) is 2.98. The normalized spacial score (nSPS) is 26.7. The predicted molar refractivity (Wildman–Crippen MR) is 150 cm³/mol. The van der Waals surface area contributed by atoms with Crippen LogP contribution in [0.1, 0.15) is 49.7 Å². The number of ether oxygens (including phenoxy) is 1. The summed E-state index contributed by atoms with van der Waals surface area (Å²) < 4.78 is 33.8. The summed E-state index contributed by atoms with van der Waals surface area (Å²) in [7, 11) is -2.16. The van der Waals surface area contributed by atoms with E-state index in [0.29, 0.717) is 37.4 Å². The van der Waals surface area contributed by atoms with Gasteiger partial charge in [-0.3, -0.25) is 14.4 Å². The second-order valence-electron chi connectivity index (χ2n) is 11.0. The van der Waals surface area contributed by atoms with Crippen LogP contribution in [0.3, 0.4) is 0 Å². The number of benzene rings is 2. The molecule has 6 rings (SSSR count). The summed E-state index contributed by atoms with van der Waals surface area (Å²) in [4.78, 5) is 44.1. The van der Waals surface area contributed by atoms with Gasteiger partial charge in [-0.2, -0.15) is 4.31 Å². The van der Waals surface area contributed by atoms with E-state index >= 15 is 0 Å². The molecule has 2 amide bonds. The summed E-state index contributed by atoms with van der Waals surface area (Å²) in [5.74, 6) is -2.92. The molecule has 0 aliphatic carbocycles. The standard InChI is InChI=1S/C30H33N3O7S/c1-31-24-11-5-4-10-23(24)30(29(31)37)25(27(35)28(36)33(30)19-21-9-8-18-40-21)26(34)20-12-14-22(15-13-20)41(38,39)32-16-6-2-3-7-17-32/h4-5,10-15,21,34H,2-3,6-9,16-19H2,1H3/b26-25+. The maximum atomic E-state index is 14.1. The molecule has 41 heavy (non-hydrogen) atoms. The van der Waals surface area contributed by atoms with E-state index in [1.807, 2.05) is 0 Å². The van der Waals surface area contributed by atoms with Crippen LogP contribution in [0.2, 0.25) is 0 Å². The van der Waals surface area contributed by atoms with E-state index in [1.165, 1.54) is 38.4 Å². The van der Waals surface area contributed by atoms with Gasteiger partial charge in [0.1, 0.15) is 5.76 Å². The van der Waals surface area contributed by atoms with E-state index in [1.54, 1.807) is 31.3 Å². The van der Waals surface area contributed by atoms with Gasteiger partial charge in [-0.1, -0.05) is 31.0 Å². The van der Waals surface area contributed by atoms with Gasteiger partial charge in [-0.15, -0.1) is 0 Å². The Morgan fingerprint density at radius 2 is 1.66 bits per heavy atom. The highest BCUT2D eigenvalue weighted by Crippen LogP contribution is 2.53. The van der Waals surface area contributed by atoms with Crippen molar-refractivity contribution in [1.29, 1.82) is 0 Å². The number of para-hydroxylation sites is 1. The molecule has 1 N–H and O–H groups in total. The molecule has 0 radical (unpaired) electrons. The molecular formula is C30H33N3O7S. The summed E-state index contributed by atoms with van der Waals surface area (Å²) in [5.41, 5.74) is -1.11. The Labute approximate surface area is 239 Å². The molecule has 11 heteroatoms. The third-order valence-electron chi connectivity index (χ3n) is 8.68. The molecule has 3 fully saturated rings. The van der Waals surface area contributed by atoms with Gasteiger partial charge in [0.2, 0.25) is 10.0 Å². The third kappa shape index (κ3) is 4.21. The Hall–Kier alpha value is -3.54. The summed E-state index contributed by atoms with van der Waals surface area (Å²) >= 11 is 0. The Morgan fingerprint density at radius 1 is 0.976 bits per heavy atom. The fraction of sp³-hybridized carbons (Fsp3) is 0.433. The van der Waals surface area contributed by atoms with Gasteiger partial charge in [0.05, 0.1) is 16.6 Å². The lowest BCUT2D eigenvalue weighted by Crippen LogP contribution is -2.53. The molecule has 2 unspecified atom stereocenters. The number of likely N-dealkylation sites (N-methyl/N-ethyl adjacent to an activating group) is 1. The van der Waals surface area contributed by atoms with Gasteiger partial charge in [0, 0.05) is 50.1 Å². The number of rotatable bonds is 5. The summed E-state index contributed by atoms with van der Waals surface area (Å²) in [6.45, 7) is 1.45. The minimum atomic E-state index is -3.74. The summed E-state index contributed by atoms with van der Waals surface area (Å²) in [6.07, 6.45) is 4.71. The zero-order valence-electron chi connectivity index (χ0n) is 22.9. The average molecular weight is 580 g/mol. The van der Waals surface area contributed by atoms with Crippen molar-refractivity contribution in [2.24, 2.45) is 0 Å². The molecule has 0 saturated carbocycles. The Kier molecular flexibility index (Phi) is 6.99. The lowest BCUT2D eigenvalue weighted by atomic mass is 9.81. The average Bonchev–Trinajstić information content (AvgIpc) is 3.52. The Balaban J connectivity index is 1.47. The smallest absolute Gasteiger partial charge is 0.296 e. The maximum Gasteiger partial charge on any atom is 0.296 e. The molecule has 4 aliphatic heterocycles. The molecular weight excluding hydrogens is 546 g/mol. The van der Waals surface area contributed by atoms with Crippen molar-refractivity contribution in [2.45, 2.75) is 55.1 Å². The number of anilines is 1. The first-order chi connectivity index (χ1) is 19.7. The van der Waals surface area contributed by atoms with E-state index in [4.69, 9.17) is 4.74 Å². The molecule has 216 valence electrons. The van der Waals surface area contributed by atoms with Crippen LogP contribution < -0.4 is 4.90 Å². The molecule has 10 nitrogen and oxygen atoms in total. The summed E-state index contributed by atoms with van der Waals surface area (Å²) in [5, 5.41) is 11.6. The number of sulfonamides is 1. The van der Waals surface area contributed by atoms with Crippen LogP contribution in [-0.4, -0.2) is 79.7 Å². The third-order valence-corrected chi connectivity index (χ3v) is 10.6. The Morgan fingerprint density at radius 3 is 2.32 bits per heavy atom. The number of Topliss-reactive ketones (excluding diaryl/α,β-unsaturated/α-hetero) is 1. The minimum Gasteiger partial charge on any atom is -0.507 e. The van der Waals surface area contributed by atoms with Gasteiger partial charge in [-0.05, 0) is 56.0 Å². The van der Waals surface area contributed by atoms with Gasteiger partial charge >= 0.3 is 0 Å². The number of hydrogen-bond donors (Lipinski definition) is 1. The largest absolute Gasteiger partial charge is 0.507 e. The second-order valence-corrected chi connectivity index (χ2v) is 13.0. The second kappa shape index (κ2) is 10.4. The lowest BCUT2D eigenvalue weighted by molar-refractivity contribution is -0.145. The van der Waals surface area contributed by atoms with Gasteiger partial charge in [-0.25, -0.2) is 8.42 Å². The molecule has 4 aliphatic rings. The van der Waals surface area contributed by atoms with Crippen LogP contribution in [0.5, 0.6) is 0 Å². The summed E-state index contributed by atoms with van der Waals surface area (Å²) in [6, 6.07) is 12.5. The van der Waals surface area contributed by atoms with Crippen LogP contribution in [0.15, 0.2) is 59.0 Å². The van der Waals surface area contributed by atoms with Gasteiger partial charge in [0.25, 0.3) is 17.6 Å². The van der Waals surface area contributed by atoms with Gasteiger partial charge < -0.3 is 19.6 Å². The number of aliphatic hydroxyl groups excluding tert-OH is 1.